The number of ketones is 1. The molecule has 0 bridgehead atoms. The molecule has 0 amide bonds. The number of nitriles is 1. The van der Waals surface area contributed by atoms with Gasteiger partial charge in [0.25, 0.3) is 0 Å². The van der Waals surface area contributed by atoms with Gasteiger partial charge >= 0.3 is 0 Å². The topological polar surface area (TPSA) is 117 Å². The molecule has 0 atom stereocenters. The molecule has 1 fully saturated rings. The molecule has 2 N–H and O–H groups in total. The van der Waals surface area contributed by atoms with Crippen LogP contribution in [0.15, 0.2) is 41.5 Å². The van der Waals surface area contributed by atoms with Crippen molar-refractivity contribution in [1.29, 1.82) is 5.26 Å². The van der Waals surface area contributed by atoms with Crippen LogP contribution in [0.25, 0.3) is 12.2 Å². The molecule has 192 valence electrons. The summed E-state index contributed by atoms with van der Waals surface area (Å²) in [6.07, 6.45) is 4.31. The lowest BCUT2D eigenvalue weighted by Gasteiger charge is -2.33. The number of hydrogen-bond donors (Lipinski definition) is 2. The van der Waals surface area contributed by atoms with E-state index in [1.165, 1.54) is 0 Å². The van der Waals surface area contributed by atoms with Gasteiger partial charge in [-0.3, -0.25) is 14.2 Å². The first-order valence-corrected chi connectivity index (χ1v) is 12.5. The lowest BCUT2D eigenvalue weighted by Crippen LogP contribution is -2.33. The van der Waals surface area contributed by atoms with Gasteiger partial charge in [0, 0.05) is 33.7 Å². The average molecular weight is 500 g/mol. The van der Waals surface area contributed by atoms with Crippen molar-refractivity contribution >= 4 is 17.9 Å². The van der Waals surface area contributed by atoms with Gasteiger partial charge in [-0.1, -0.05) is 30.3 Å². The fourth-order valence-electron chi connectivity index (χ4n) is 5.23. The van der Waals surface area contributed by atoms with Gasteiger partial charge in [-0.25, -0.2) is 0 Å². The SMILES string of the molecule is Cc1nn(CCO)c(C)c1C=C1CC(C#N)(c2ccccc2)CC(=Cc2c(C)nn(CCO)c2C)C1=O. The third kappa shape index (κ3) is 4.93. The van der Waals surface area contributed by atoms with Crippen LogP contribution < -0.4 is 0 Å². The molecular weight excluding hydrogens is 466 g/mol. The Labute approximate surface area is 217 Å². The quantitative estimate of drug-likeness (QED) is 0.480. The molecule has 0 unspecified atom stereocenters. The number of aliphatic hydroxyl groups excluding tert-OH is 2. The second-order valence-electron chi connectivity index (χ2n) is 9.64. The number of allylic oxidation sites excluding steroid dienone is 2. The Hall–Kier alpha value is -3.80. The number of benzene rings is 1. The fraction of sp³-hybridized carbons (Fsp3) is 0.379. The van der Waals surface area contributed by atoms with Crippen LogP contribution in [-0.2, 0) is 23.3 Å². The van der Waals surface area contributed by atoms with Gasteiger partial charge < -0.3 is 10.2 Å². The number of rotatable bonds is 7. The maximum Gasteiger partial charge on any atom is 0.185 e. The summed E-state index contributed by atoms with van der Waals surface area (Å²) in [7, 11) is 0. The Kier molecular flexibility index (Phi) is 7.58. The molecule has 8 heteroatoms. The summed E-state index contributed by atoms with van der Waals surface area (Å²) in [5.74, 6) is -0.0933. The molecule has 0 spiro atoms. The van der Waals surface area contributed by atoms with Crippen molar-refractivity contribution in [3.63, 3.8) is 0 Å². The number of aromatic nitrogens is 4. The largest absolute Gasteiger partial charge is 0.394 e. The number of hydrogen-bond acceptors (Lipinski definition) is 6. The Morgan fingerprint density at radius 3 is 1.76 bits per heavy atom. The third-order valence-corrected chi connectivity index (χ3v) is 7.24. The molecular formula is C29H33N5O3. The molecule has 0 aliphatic heterocycles. The number of carbonyl (C=O) groups excluding carboxylic acids is 1. The van der Waals surface area contributed by atoms with E-state index in [2.05, 4.69) is 16.3 Å². The highest BCUT2D eigenvalue weighted by Gasteiger charge is 2.42. The number of aryl methyl sites for hydroxylation is 2. The van der Waals surface area contributed by atoms with Crippen molar-refractivity contribution in [3.8, 4) is 6.07 Å². The van der Waals surface area contributed by atoms with E-state index in [0.29, 0.717) is 24.2 Å². The summed E-state index contributed by atoms with van der Waals surface area (Å²) in [6.45, 7) is 8.29. The van der Waals surface area contributed by atoms with Crippen molar-refractivity contribution in [3.05, 3.63) is 80.9 Å². The first kappa shape index (κ1) is 26.3. The van der Waals surface area contributed by atoms with Crippen molar-refractivity contribution in [1.82, 2.24) is 19.6 Å². The first-order valence-electron chi connectivity index (χ1n) is 12.5. The first-order chi connectivity index (χ1) is 17.7. The number of carbonyl (C=O) groups is 1. The van der Waals surface area contributed by atoms with E-state index in [9.17, 15) is 20.3 Å². The van der Waals surface area contributed by atoms with E-state index in [0.717, 1.165) is 39.5 Å². The van der Waals surface area contributed by atoms with Crippen LogP contribution in [0.3, 0.4) is 0 Å². The van der Waals surface area contributed by atoms with Crippen molar-refractivity contribution < 1.29 is 15.0 Å². The molecule has 37 heavy (non-hydrogen) atoms. The van der Waals surface area contributed by atoms with E-state index >= 15 is 0 Å². The molecule has 1 aromatic carbocycles. The van der Waals surface area contributed by atoms with E-state index in [4.69, 9.17) is 0 Å². The summed E-state index contributed by atoms with van der Waals surface area (Å²) in [5.41, 5.74) is 6.00. The molecule has 1 aliphatic carbocycles. The molecule has 0 radical (unpaired) electrons. The summed E-state index contributed by atoms with van der Waals surface area (Å²) in [6, 6.07) is 12.2. The Balaban J connectivity index is 1.89. The highest BCUT2D eigenvalue weighted by molar-refractivity contribution is 6.15. The summed E-state index contributed by atoms with van der Waals surface area (Å²) in [5, 5.41) is 38.4. The minimum absolute atomic E-state index is 0.0298. The Bertz CT molecular complexity index is 1340. The summed E-state index contributed by atoms with van der Waals surface area (Å²) < 4.78 is 3.48. The molecule has 0 saturated heterocycles. The molecule has 2 heterocycles. The minimum atomic E-state index is -0.904. The van der Waals surface area contributed by atoms with Gasteiger partial charge in [0.15, 0.2) is 5.78 Å². The van der Waals surface area contributed by atoms with Gasteiger partial charge in [0.1, 0.15) is 0 Å². The smallest absolute Gasteiger partial charge is 0.185 e. The maximum atomic E-state index is 13.9. The van der Waals surface area contributed by atoms with Crippen LogP contribution >= 0.6 is 0 Å². The van der Waals surface area contributed by atoms with Crippen molar-refractivity contribution in [2.45, 2.75) is 59.0 Å². The van der Waals surface area contributed by atoms with Gasteiger partial charge in [0.2, 0.25) is 0 Å². The van der Waals surface area contributed by atoms with Gasteiger partial charge in [-0.2, -0.15) is 15.5 Å². The monoisotopic (exact) mass is 499 g/mol. The second-order valence-corrected chi connectivity index (χ2v) is 9.64. The van der Waals surface area contributed by atoms with Crippen LogP contribution in [0.1, 0.15) is 52.3 Å². The lowest BCUT2D eigenvalue weighted by molar-refractivity contribution is -0.113. The van der Waals surface area contributed by atoms with Crippen LogP contribution in [0.4, 0.5) is 0 Å². The summed E-state index contributed by atoms with van der Waals surface area (Å²) >= 11 is 0. The molecule has 2 aromatic heterocycles. The Morgan fingerprint density at radius 2 is 1.35 bits per heavy atom. The summed E-state index contributed by atoms with van der Waals surface area (Å²) in [4.78, 5) is 13.9. The number of aliphatic hydroxyl groups is 2. The standard InChI is InChI=1S/C29H33N5O3/c1-19-26(21(3)33(31-19)10-12-35)14-23-16-29(18-30,25-8-6-5-7-9-25)17-24(28(23)37)15-27-20(2)32-34(11-13-36)22(27)4/h5-9,14-15,35-36H,10-13,16-17H2,1-4H3. The molecule has 1 aliphatic rings. The van der Waals surface area contributed by atoms with E-state index in [1.807, 2.05) is 70.2 Å². The third-order valence-electron chi connectivity index (χ3n) is 7.24. The minimum Gasteiger partial charge on any atom is -0.394 e. The van der Waals surface area contributed by atoms with Gasteiger partial charge in [-0.05, 0) is 58.3 Å². The molecule has 3 aromatic rings. The average Bonchev–Trinajstić information content (AvgIpc) is 3.31. The highest BCUT2D eigenvalue weighted by Crippen LogP contribution is 2.44. The van der Waals surface area contributed by atoms with Crippen molar-refractivity contribution in [2.24, 2.45) is 0 Å². The normalized spacial score (nSPS) is 20.1. The van der Waals surface area contributed by atoms with Crippen LogP contribution in [0.5, 0.6) is 0 Å². The molecule has 1 saturated carbocycles. The molecule has 8 nitrogen and oxygen atoms in total. The maximum absolute atomic E-state index is 13.9. The van der Waals surface area contributed by atoms with Crippen LogP contribution in [0.2, 0.25) is 0 Å². The zero-order valence-electron chi connectivity index (χ0n) is 21.8. The van der Waals surface area contributed by atoms with Gasteiger partial charge in [-0.15, -0.1) is 0 Å². The zero-order chi connectivity index (χ0) is 26.7. The Morgan fingerprint density at radius 1 is 0.892 bits per heavy atom. The predicted octanol–water partition coefficient (Wildman–Crippen LogP) is 3.59. The molecule has 4 rings (SSSR count). The second kappa shape index (κ2) is 10.7. The highest BCUT2D eigenvalue weighted by atomic mass is 16.3. The van der Waals surface area contributed by atoms with Gasteiger partial charge in [0.05, 0.1) is 49.2 Å². The van der Waals surface area contributed by atoms with E-state index < -0.39 is 5.41 Å². The lowest BCUT2D eigenvalue weighted by atomic mass is 9.66. The fourth-order valence-corrected chi connectivity index (χ4v) is 5.23. The number of nitrogens with zero attached hydrogens (tertiary/aromatic N) is 5. The van der Waals surface area contributed by atoms with E-state index in [1.54, 1.807) is 9.36 Å². The number of Topliss-reactive ketones (excluding diaryl/α,β-unsaturated/α-hetero) is 1. The van der Waals surface area contributed by atoms with Crippen LogP contribution in [-0.4, -0.2) is 48.8 Å². The van der Waals surface area contributed by atoms with Crippen molar-refractivity contribution in [2.75, 3.05) is 13.2 Å². The zero-order valence-corrected chi connectivity index (χ0v) is 21.8. The van der Waals surface area contributed by atoms with Crippen LogP contribution in [0, 0.1) is 39.0 Å². The van der Waals surface area contributed by atoms with E-state index in [-0.39, 0.29) is 31.8 Å². The predicted molar refractivity (Wildman–Crippen MR) is 142 cm³/mol.